The highest BCUT2D eigenvalue weighted by Gasteiger charge is 1.92. The van der Waals surface area contributed by atoms with Crippen LogP contribution in [0.3, 0.4) is 0 Å². The van der Waals surface area contributed by atoms with Gasteiger partial charge in [0.2, 0.25) is 0 Å². The molecule has 0 unspecified atom stereocenters. The summed E-state index contributed by atoms with van der Waals surface area (Å²) in [6.45, 7) is 0. The molecule has 4 heteroatoms. The first kappa shape index (κ1) is 7.37. The quantitative estimate of drug-likeness (QED) is 0.669. The molecule has 10 heavy (non-hydrogen) atoms. The molecule has 0 heterocycles. The second-order valence-electron chi connectivity index (χ2n) is 1.67. The summed E-state index contributed by atoms with van der Waals surface area (Å²) in [5.74, 6) is 5.37. The van der Waals surface area contributed by atoms with Gasteiger partial charge in [0, 0.05) is 4.90 Å². The van der Waals surface area contributed by atoms with E-state index >= 15 is 0 Å². The lowest BCUT2D eigenvalue weighted by Crippen LogP contribution is -2.00. The van der Waals surface area contributed by atoms with Crippen molar-refractivity contribution in [2.75, 3.05) is 0 Å². The highest BCUT2D eigenvalue weighted by molar-refractivity contribution is 7.94. The lowest BCUT2D eigenvalue weighted by Gasteiger charge is -1.96. The molecular formula is C6H6FNOS. The topological polar surface area (TPSA) is 35.2 Å². The Balaban J connectivity index is 2.80. The molecule has 0 aliphatic carbocycles. The van der Waals surface area contributed by atoms with Gasteiger partial charge in [-0.05, 0) is 24.3 Å². The molecule has 0 saturated heterocycles. The van der Waals surface area contributed by atoms with Crippen molar-refractivity contribution in [2.45, 2.75) is 4.90 Å². The lowest BCUT2D eigenvalue weighted by molar-refractivity contribution is 0.334. The molecule has 0 atom stereocenters. The van der Waals surface area contributed by atoms with Crippen LogP contribution in [-0.4, -0.2) is 0 Å². The van der Waals surface area contributed by atoms with E-state index in [0.29, 0.717) is 10.6 Å². The summed E-state index contributed by atoms with van der Waals surface area (Å²) >= 11 is 0.192. The summed E-state index contributed by atoms with van der Waals surface area (Å²) < 4.78 is 11.8. The monoisotopic (exact) mass is 159 g/mol. The van der Waals surface area contributed by atoms with Gasteiger partial charge in [0.05, 0.1) is 12.1 Å². The molecule has 0 radical (unpaired) electrons. The minimum atomic E-state index is 0.192. The van der Waals surface area contributed by atoms with Crippen LogP contribution >= 0.6 is 12.1 Å². The minimum Gasteiger partial charge on any atom is -0.412 e. The smallest absolute Gasteiger partial charge is 0.146 e. The number of hydrogen-bond donors (Lipinski definition) is 1. The van der Waals surface area contributed by atoms with Crippen LogP contribution in [0.5, 0.6) is 5.75 Å². The second-order valence-corrected chi connectivity index (χ2v) is 2.29. The van der Waals surface area contributed by atoms with Gasteiger partial charge < -0.3 is 4.84 Å². The average Bonchev–Trinajstić information content (AvgIpc) is 2.05. The van der Waals surface area contributed by atoms with Crippen molar-refractivity contribution in [2.24, 2.45) is 5.90 Å². The first-order valence-corrected chi connectivity index (χ1v) is 3.34. The molecule has 1 rings (SSSR count). The van der Waals surface area contributed by atoms with Gasteiger partial charge in [-0.3, -0.25) is 0 Å². The van der Waals surface area contributed by atoms with Crippen LogP contribution in [0.4, 0.5) is 3.89 Å². The van der Waals surface area contributed by atoms with Gasteiger partial charge in [-0.1, -0.05) is 0 Å². The zero-order valence-corrected chi connectivity index (χ0v) is 5.90. The highest BCUT2D eigenvalue weighted by Crippen LogP contribution is 2.20. The van der Waals surface area contributed by atoms with Gasteiger partial charge in [0.15, 0.2) is 0 Å². The zero-order chi connectivity index (χ0) is 7.40. The number of nitrogens with two attached hydrogens (primary N) is 1. The molecule has 0 bridgehead atoms. The molecule has 2 N–H and O–H groups in total. The molecule has 0 aliphatic rings. The van der Waals surface area contributed by atoms with Crippen molar-refractivity contribution in [3.05, 3.63) is 24.3 Å². The van der Waals surface area contributed by atoms with Crippen molar-refractivity contribution < 1.29 is 8.72 Å². The fourth-order valence-electron chi connectivity index (χ4n) is 0.570. The fourth-order valence-corrected chi connectivity index (χ4v) is 0.809. The first-order valence-electron chi connectivity index (χ1n) is 2.62. The maximum atomic E-state index is 11.8. The fraction of sp³-hybridized carbons (Fsp3) is 0. The molecule has 0 spiro atoms. The summed E-state index contributed by atoms with van der Waals surface area (Å²) in [6, 6.07) is 6.38. The van der Waals surface area contributed by atoms with Gasteiger partial charge in [0.25, 0.3) is 0 Å². The second kappa shape index (κ2) is 3.43. The SMILES string of the molecule is NOc1ccc(SF)cc1. The van der Waals surface area contributed by atoms with Crippen molar-refractivity contribution in [1.29, 1.82) is 0 Å². The van der Waals surface area contributed by atoms with Gasteiger partial charge in [-0.2, -0.15) is 9.78 Å². The van der Waals surface area contributed by atoms with Crippen molar-refractivity contribution in [3.63, 3.8) is 0 Å². The summed E-state index contributed by atoms with van der Waals surface area (Å²) in [5.41, 5.74) is 0. The average molecular weight is 159 g/mol. The molecule has 0 saturated carbocycles. The largest absolute Gasteiger partial charge is 0.412 e. The van der Waals surface area contributed by atoms with Crippen LogP contribution in [-0.2, 0) is 0 Å². The van der Waals surface area contributed by atoms with Crippen LogP contribution in [0.2, 0.25) is 0 Å². The lowest BCUT2D eigenvalue weighted by atomic mass is 10.3. The Labute approximate surface area is 62.4 Å². The molecule has 0 aliphatic heterocycles. The van der Waals surface area contributed by atoms with E-state index in [1.807, 2.05) is 0 Å². The summed E-state index contributed by atoms with van der Waals surface area (Å²) in [4.78, 5) is 4.92. The van der Waals surface area contributed by atoms with Crippen LogP contribution in [0.15, 0.2) is 29.2 Å². The summed E-state index contributed by atoms with van der Waals surface area (Å²) in [7, 11) is 0. The van der Waals surface area contributed by atoms with Crippen molar-refractivity contribution >= 4 is 12.1 Å². The maximum Gasteiger partial charge on any atom is 0.146 e. The molecule has 54 valence electrons. The summed E-state index contributed by atoms with van der Waals surface area (Å²) in [5, 5.41) is 0. The van der Waals surface area contributed by atoms with E-state index in [2.05, 4.69) is 4.84 Å². The molecule has 2 nitrogen and oxygen atoms in total. The Hall–Kier alpha value is -0.740. The van der Waals surface area contributed by atoms with Crippen molar-refractivity contribution in [3.8, 4) is 5.75 Å². The molecular weight excluding hydrogens is 153 g/mol. The third-order valence-electron chi connectivity index (χ3n) is 1.05. The molecule has 1 aromatic rings. The number of benzene rings is 1. The number of hydrogen-bond acceptors (Lipinski definition) is 3. The van der Waals surface area contributed by atoms with E-state index in [4.69, 9.17) is 5.90 Å². The highest BCUT2D eigenvalue weighted by atomic mass is 32.2. The predicted molar refractivity (Wildman–Crippen MR) is 38.2 cm³/mol. The van der Waals surface area contributed by atoms with Gasteiger partial charge in [0.1, 0.15) is 5.75 Å². The third kappa shape index (κ3) is 1.62. The minimum absolute atomic E-state index is 0.192. The Bertz CT molecular complexity index is 178. The first-order chi connectivity index (χ1) is 4.86. The molecule has 0 amide bonds. The van der Waals surface area contributed by atoms with Gasteiger partial charge in [-0.25, -0.2) is 0 Å². The Morgan fingerprint density at radius 1 is 1.30 bits per heavy atom. The van der Waals surface area contributed by atoms with Gasteiger partial charge in [-0.15, -0.1) is 0 Å². The zero-order valence-electron chi connectivity index (χ0n) is 5.08. The summed E-state index contributed by atoms with van der Waals surface area (Å²) in [6.07, 6.45) is 0. The van der Waals surface area contributed by atoms with E-state index in [0.717, 1.165) is 0 Å². The predicted octanol–water partition coefficient (Wildman–Crippen LogP) is 1.92. The van der Waals surface area contributed by atoms with E-state index in [1.165, 1.54) is 0 Å². The van der Waals surface area contributed by atoms with Crippen LogP contribution in [0.25, 0.3) is 0 Å². The van der Waals surface area contributed by atoms with E-state index in [9.17, 15) is 3.89 Å². The third-order valence-corrected chi connectivity index (χ3v) is 1.50. The van der Waals surface area contributed by atoms with E-state index in [-0.39, 0.29) is 12.1 Å². The van der Waals surface area contributed by atoms with Crippen LogP contribution < -0.4 is 10.7 Å². The Morgan fingerprint density at radius 3 is 2.30 bits per heavy atom. The number of halogens is 1. The molecule has 1 aromatic carbocycles. The number of rotatable bonds is 2. The standard InChI is InChI=1S/C6H6FNOS/c7-10-6-3-1-5(9-8)2-4-6/h1-4H,8H2. The molecule has 0 fully saturated rings. The molecule has 0 aromatic heterocycles. The Kier molecular flexibility index (Phi) is 2.53. The van der Waals surface area contributed by atoms with Crippen molar-refractivity contribution in [1.82, 2.24) is 0 Å². The van der Waals surface area contributed by atoms with Gasteiger partial charge >= 0.3 is 0 Å². The van der Waals surface area contributed by atoms with E-state index in [1.54, 1.807) is 24.3 Å². The van der Waals surface area contributed by atoms with Crippen LogP contribution in [0.1, 0.15) is 0 Å². The van der Waals surface area contributed by atoms with E-state index < -0.39 is 0 Å². The normalized spacial score (nSPS) is 9.40. The van der Waals surface area contributed by atoms with Crippen LogP contribution in [0, 0.1) is 0 Å². The Morgan fingerprint density at radius 2 is 1.90 bits per heavy atom. The maximum absolute atomic E-state index is 11.8.